The van der Waals surface area contributed by atoms with Gasteiger partial charge in [0.2, 0.25) is 0 Å². The molecule has 1 aliphatic heterocycles. The van der Waals surface area contributed by atoms with Crippen molar-refractivity contribution in [3.8, 4) is 0 Å². The highest BCUT2D eigenvalue weighted by atomic mass is 16.6. The quantitative estimate of drug-likeness (QED) is 0.907. The van der Waals surface area contributed by atoms with Crippen molar-refractivity contribution in [2.24, 2.45) is 0 Å². The molecule has 3 rings (SSSR count). The minimum Gasteiger partial charge on any atom is -0.444 e. The molecular weight excluding hydrogens is 302 g/mol. The molecule has 5 heteroatoms. The molecule has 1 fully saturated rings. The molecule has 0 bridgehead atoms. The summed E-state index contributed by atoms with van der Waals surface area (Å²) < 4.78 is 5.46. The van der Waals surface area contributed by atoms with Gasteiger partial charge in [0.1, 0.15) is 5.60 Å². The van der Waals surface area contributed by atoms with Crippen molar-refractivity contribution in [3.63, 3.8) is 0 Å². The number of carbonyl (C=O) groups is 1. The van der Waals surface area contributed by atoms with E-state index in [9.17, 15) is 4.79 Å². The fourth-order valence-electron chi connectivity index (χ4n) is 3.03. The molecule has 2 aromatic rings. The lowest BCUT2D eigenvalue weighted by molar-refractivity contribution is 0.0293. The van der Waals surface area contributed by atoms with Crippen LogP contribution in [-0.2, 0) is 4.74 Å². The minimum atomic E-state index is -0.458. The molecule has 0 saturated carbocycles. The number of rotatable bonds is 2. The van der Waals surface area contributed by atoms with Crippen molar-refractivity contribution in [2.75, 3.05) is 18.4 Å². The van der Waals surface area contributed by atoms with Gasteiger partial charge in [-0.05, 0) is 57.9 Å². The summed E-state index contributed by atoms with van der Waals surface area (Å²) in [6.45, 7) is 9.14. The van der Waals surface area contributed by atoms with Crippen LogP contribution in [0.4, 0.5) is 10.5 Å². The van der Waals surface area contributed by atoms with E-state index in [0.717, 1.165) is 23.0 Å². The predicted molar refractivity (Wildman–Crippen MR) is 96.3 cm³/mol. The summed E-state index contributed by atoms with van der Waals surface area (Å²) in [5.74, 6) is 0. The number of carbonyl (C=O) groups excluding carboxylic acids is 1. The number of nitrogens with zero attached hydrogens (tertiary/aromatic N) is 2. The normalized spacial score (nSPS) is 18.0. The highest BCUT2D eigenvalue weighted by molar-refractivity contribution is 5.93. The first-order valence-electron chi connectivity index (χ1n) is 8.42. The van der Waals surface area contributed by atoms with E-state index in [1.54, 1.807) is 11.1 Å². The number of hydrogen-bond donors (Lipinski definition) is 1. The van der Waals surface area contributed by atoms with Crippen molar-refractivity contribution in [2.45, 2.75) is 45.8 Å². The van der Waals surface area contributed by atoms with Crippen LogP contribution in [0, 0.1) is 6.92 Å². The van der Waals surface area contributed by atoms with Gasteiger partial charge in [0.25, 0.3) is 0 Å². The average molecular weight is 327 g/mol. The molecule has 2 heterocycles. The van der Waals surface area contributed by atoms with Crippen molar-refractivity contribution < 1.29 is 9.53 Å². The summed E-state index contributed by atoms with van der Waals surface area (Å²) in [5, 5.41) is 4.73. The zero-order valence-corrected chi connectivity index (χ0v) is 14.8. The molecule has 128 valence electrons. The van der Waals surface area contributed by atoms with E-state index in [2.05, 4.69) is 29.4 Å². The molecule has 5 nitrogen and oxygen atoms in total. The van der Waals surface area contributed by atoms with Gasteiger partial charge in [-0.3, -0.25) is 4.98 Å². The second-order valence-corrected chi connectivity index (χ2v) is 7.38. The number of aryl methyl sites for hydroxylation is 1. The predicted octanol–water partition coefficient (Wildman–Crippen LogP) is 3.96. The zero-order valence-electron chi connectivity index (χ0n) is 14.8. The Balaban J connectivity index is 1.72. The largest absolute Gasteiger partial charge is 0.444 e. The van der Waals surface area contributed by atoms with Crippen LogP contribution in [0.5, 0.6) is 0 Å². The lowest BCUT2D eigenvalue weighted by Crippen LogP contribution is -2.36. The zero-order chi connectivity index (χ0) is 17.3. The van der Waals surface area contributed by atoms with Gasteiger partial charge in [0, 0.05) is 36.4 Å². The average Bonchev–Trinajstić information content (AvgIpc) is 2.97. The Morgan fingerprint density at radius 3 is 2.88 bits per heavy atom. The number of pyridine rings is 1. The Kier molecular flexibility index (Phi) is 4.35. The molecule has 1 atom stereocenters. The van der Waals surface area contributed by atoms with Crippen LogP contribution in [0.1, 0.15) is 32.8 Å². The lowest BCUT2D eigenvalue weighted by atomic mass is 10.1. The van der Waals surface area contributed by atoms with Gasteiger partial charge in [-0.1, -0.05) is 6.07 Å². The molecule has 1 N–H and O–H groups in total. The molecule has 0 unspecified atom stereocenters. The molecular formula is C19H25N3O2. The van der Waals surface area contributed by atoms with E-state index in [1.165, 1.54) is 5.56 Å². The van der Waals surface area contributed by atoms with Gasteiger partial charge in [0.15, 0.2) is 0 Å². The number of hydrogen-bond acceptors (Lipinski definition) is 4. The van der Waals surface area contributed by atoms with E-state index >= 15 is 0 Å². The second-order valence-electron chi connectivity index (χ2n) is 7.38. The number of aromatic nitrogens is 1. The SMILES string of the molecule is Cc1ccc2ncccc2c1N[C@H]1CCN(C(=O)OC(C)(C)C)C1. The van der Waals surface area contributed by atoms with Gasteiger partial charge < -0.3 is 15.0 Å². The van der Waals surface area contributed by atoms with Crippen molar-refractivity contribution >= 4 is 22.7 Å². The summed E-state index contributed by atoms with van der Waals surface area (Å²) in [6, 6.07) is 8.38. The lowest BCUT2D eigenvalue weighted by Gasteiger charge is -2.24. The fraction of sp³-hybridized carbons (Fsp3) is 0.474. The van der Waals surface area contributed by atoms with Crippen molar-refractivity contribution in [1.29, 1.82) is 0 Å². The second kappa shape index (κ2) is 6.30. The van der Waals surface area contributed by atoms with Crippen LogP contribution in [0.2, 0.25) is 0 Å². The van der Waals surface area contributed by atoms with Gasteiger partial charge in [-0.15, -0.1) is 0 Å². The summed E-state index contributed by atoms with van der Waals surface area (Å²) in [5.41, 5.74) is 2.82. The van der Waals surface area contributed by atoms with Crippen LogP contribution in [0.3, 0.4) is 0 Å². The first-order valence-corrected chi connectivity index (χ1v) is 8.42. The van der Waals surface area contributed by atoms with Crippen LogP contribution in [0.25, 0.3) is 10.9 Å². The van der Waals surface area contributed by atoms with Gasteiger partial charge >= 0.3 is 6.09 Å². The van der Waals surface area contributed by atoms with Crippen molar-refractivity contribution in [1.82, 2.24) is 9.88 Å². The minimum absolute atomic E-state index is 0.224. The van der Waals surface area contributed by atoms with Gasteiger partial charge in [-0.2, -0.15) is 0 Å². The maximum Gasteiger partial charge on any atom is 0.410 e. The number of nitrogens with one attached hydrogen (secondary N) is 1. The molecule has 24 heavy (non-hydrogen) atoms. The van der Waals surface area contributed by atoms with Crippen LogP contribution < -0.4 is 5.32 Å². The smallest absolute Gasteiger partial charge is 0.410 e. The molecule has 0 spiro atoms. The molecule has 0 radical (unpaired) electrons. The molecule has 1 aliphatic rings. The summed E-state index contributed by atoms with van der Waals surface area (Å²) in [4.78, 5) is 18.4. The Morgan fingerprint density at radius 1 is 1.33 bits per heavy atom. The molecule has 1 aromatic heterocycles. The molecule has 1 amide bonds. The first kappa shape index (κ1) is 16.6. The number of amides is 1. The highest BCUT2D eigenvalue weighted by Crippen LogP contribution is 2.28. The monoisotopic (exact) mass is 327 g/mol. The van der Waals surface area contributed by atoms with E-state index < -0.39 is 5.60 Å². The molecule has 1 saturated heterocycles. The standard InChI is InChI=1S/C19H25N3O2/c1-13-7-8-16-15(6-5-10-20-16)17(13)21-14-9-11-22(12-14)18(23)24-19(2,3)4/h5-8,10,14,21H,9,11-12H2,1-4H3/t14-/m0/s1. The number of anilines is 1. The van der Waals surface area contributed by atoms with Crippen LogP contribution >= 0.6 is 0 Å². The number of fused-ring (bicyclic) bond motifs is 1. The third kappa shape index (κ3) is 3.61. The first-order chi connectivity index (χ1) is 11.3. The van der Waals surface area contributed by atoms with Crippen LogP contribution in [0.15, 0.2) is 30.5 Å². The fourth-order valence-corrected chi connectivity index (χ4v) is 3.03. The Bertz CT molecular complexity index is 752. The van der Waals surface area contributed by atoms with E-state index in [1.807, 2.05) is 32.9 Å². The summed E-state index contributed by atoms with van der Waals surface area (Å²) >= 11 is 0. The highest BCUT2D eigenvalue weighted by Gasteiger charge is 2.30. The van der Waals surface area contributed by atoms with Crippen LogP contribution in [-0.4, -0.2) is 40.7 Å². The Morgan fingerprint density at radius 2 is 2.12 bits per heavy atom. The molecule has 1 aromatic carbocycles. The summed E-state index contributed by atoms with van der Waals surface area (Å²) in [6.07, 6.45) is 2.49. The third-order valence-electron chi connectivity index (χ3n) is 4.18. The maximum atomic E-state index is 12.2. The maximum absolute atomic E-state index is 12.2. The van der Waals surface area contributed by atoms with Crippen molar-refractivity contribution in [3.05, 3.63) is 36.0 Å². The van der Waals surface area contributed by atoms with E-state index in [-0.39, 0.29) is 12.1 Å². The topological polar surface area (TPSA) is 54.5 Å². The Hall–Kier alpha value is -2.30. The Labute approximate surface area is 143 Å². The molecule has 0 aliphatic carbocycles. The summed E-state index contributed by atoms with van der Waals surface area (Å²) in [7, 11) is 0. The van der Waals surface area contributed by atoms with E-state index in [0.29, 0.717) is 13.1 Å². The number of benzene rings is 1. The number of likely N-dealkylation sites (tertiary alicyclic amines) is 1. The third-order valence-corrected chi connectivity index (χ3v) is 4.18. The van der Waals surface area contributed by atoms with Gasteiger partial charge in [0.05, 0.1) is 5.52 Å². The van der Waals surface area contributed by atoms with Gasteiger partial charge in [-0.25, -0.2) is 4.79 Å². The number of ether oxygens (including phenoxy) is 1. The van der Waals surface area contributed by atoms with E-state index in [4.69, 9.17) is 4.74 Å².